The number of H-pyrrole nitrogens is 1. The van der Waals surface area contributed by atoms with Crippen LogP contribution in [0.5, 0.6) is 0 Å². The van der Waals surface area contributed by atoms with Crippen molar-refractivity contribution in [3.8, 4) is 0 Å². The summed E-state index contributed by atoms with van der Waals surface area (Å²) in [6, 6.07) is 16.0. The van der Waals surface area contributed by atoms with E-state index in [4.69, 9.17) is 0 Å². The van der Waals surface area contributed by atoms with Crippen LogP contribution in [-0.2, 0) is 24.2 Å². The van der Waals surface area contributed by atoms with Crippen molar-refractivity contribution < 1.29 is 9.59 Å². The normalized spacial score (nSPS) is 19.0. The van der Waals surface area contributed by atoms with E-state index in [1.54, 1.807) is 0 Å². The van der Waals surface area contributed by atoms with Gasteiger partial charge in [0.05, 0.1) is 0 Å². The highest BCUT2D eigenvalue weighted by Crippen LogP contribution is 2.32. The molecule has 0 spiro atoms. The van der Waals surface area contributed by atoms with Gasteiger partial charge in [0, 0.05) is 47.7 Å². The van der Waals surface area contributed by atoms with Crippen LogP contribution in [0.25, 0.3) is 10.9 Å². The summed E-state index contributed by atoms with van der Waals surface area (Å²) in [5, 5.41) is 4.25. The van der Waals surface area contributed by atoms with Gasteiger partial charge in [-0.3, -0.25) is 9.59 Å². The fourth-order valence-corrected chi connectivity index (χ4v) is 5.18. The number of piperidine rings is 1. The Hall–Kier alpha value is -3.08. The summed E-state index contributed by atoms with van der Waals surface area (Å²) in [5.41, 5.74) is 5.72. The number of aromatic nitrogens is 1. The molecule has 1 aliphatic heterocycles. The SMILES string of the molecule is CC1CCc2[nH]c3ccc(C(=O)N4CCC(C(=O)NCc5ccccc5)CC4)cc3c2C1. The molecule has 5 heteroatoms. The highest BCUT2D eigenvalue weighted by atomic mass is 16.2. The largest absolute Gasteiger partial charge is 0.358 e. The van der Waals surface area contributed by atoms with Crippen molar-refractivity contribution in [1.29, 1.82) is 0 Å². The number of amides is 2. The van der Waals surface area contributed by atoms with Crippen LogP contribution in [0.1, 0.15) is 53.4 Å². The lowest BCUT2D eigenvalue weighted by Gasteiger charge is -2.31. The van der Waals surface area contributed by atoms with Crippen LogP contribution in [0.15, 0.2) is 48.5 Å². The molecule has 1 fully saturated rings. The van der Waals surface area contributed by atoms with Gasteiger partial charge in [0.1, 0.15) is 0 Å². The molecule has 32 heavy (non-hydrogen) atoms. The van der Waals surface area contributed by atoms with Crippen molar-refractivity contribution in [2.24, 2.45) is 11.8 Å². The molecule has 1 aromatic heterocycles. The topological polar surface area (TPSA) is 65.2 Å². The Bertz CT molecular complexity index is 1130. The summed E-state index contributed by atoms with van der Waals surface area (Å²) >= 11 is 0. The van der Waals surface area contributed by atoms with Gasteiger partial charge in [-0.05, 0) is 67.3 Å². The number of hydrogen-bond acceptors (Lipinski definition) is 2. The van der Waals surface area contributed by atoms with Crippen LogP contribution in [0, 0.1) is 11.8 Å². The smallest absolute Gasteiger partial charge is 0.253 e. The quantitative estimate of drug-likeness (QED) is 0.643. The molecule has 166 valence electrons. The van der Waals surface area contributed by atoms with Gasteiger partial charge in [0.15, 0.2) is 0 Å². The van der Waals surface area contributed by atoms with Crippen molar-refractivity contribution in [2.45, 2.75) is 45.6 Å². The van der Waals surface area contributed by atoms with Crippen LogP contribution in [0.2, 0.25) is 0 Å². The Kier molecular flexibility index (Phi) is 5.73. The highest BCUT2D eigenvalue weighted by molar-refractivity contribution is 5.99. The summed E-state index contributed by atoms with van der Waals surface area (Å²) < 4.78 is 0. The van der Waals surface area contributed by atoms with Gasteiger partial charge in [-0.15, -0.1) is 0 Å². The van der Waals surface area contributed by atoms with Crippen molar-refractivity contribution in [3.63, 3.8) is 0 Å². The molecule has 2 amide bonds. The number of nitrogens with zero attached hydrogens (tertiary/aromatic N) is 1. The minimum absolute atomic E-state index is 0.0246. The summed E-state index contributed by atoms with van der Waals surface area (Å²) in [5.74, 6) is 0.834. The van der Waals surface area contributed by atoms with E-state index in [1.165, 1.54) is 23.1 Å². The lowest BCUT2D eigenvalue weighted by atomic mass is 9.87. The Morgan fingerprint density at radius 1 is 1.06 bits per heavy atom. The van der Waals surface area contributed by atoms with Crippen molar-refractivity contribution >= 4 is 22.7 Å². The standard InChI is InChI=1S/C27H31N3O2/c1-18-7-9-24-22(15-18)23-16-21(8-10-25(23)29-24)27(32)30-13-11-20(12-14-30)26(31)28-17-19-5-3-2-4-6-19/h2-6,8,10,16,18,20,29H,7,9,11-15,17H2,1H3,(H,28,31). The number of aromatic amines is 1. The lowest BCUT2D eigenvalue weighted by molar-refractivity contribution is -0.126. The molecule has 5 rings (SSSR count). The summed E-state index contributed by atoms with van der Waals surface area (Å²) in [6.07, 6.45) is 4.82. The number of carbonyl (C=O) groups excluding carboxylic acids is 2. The van der Waals surface area contributed by atoms with Crippen LogP contribution in [0.3, 0.4) is 0 Å². The molecule has 0 bridgehead atoms. The van der Waals surface area contributed by atoms with Crippen LogP contribution in [0.4, 0.5) is 0 Å². The van der Waals surface area contributed by atoms with E-state index in [2.05, 4.69) is 29.4 Å². The maximum atomic E-state index is 13.2. The third kappa shape index (κ3) is 4.16. The van der Waals surface area contributed by atoms with E-state index in [-0.39, 0.29) is 17.7 Å². The number of hydrogen-bond donors (Lipinski definition) is 2. The minimum Gasteiger partial charge on any atom is -0.358 e. The predicted molar refractivity (Wildman–Crippen MR) is 126 cm³/mol. The molecule has 2 aliphatic rings. The van der Waals surface area contributed by atoms with Crippen LogP contribution >= 0.6 is 0 Å². The molecule has 1 unspecified atom stereocenters. The maximum Gasteiger partial charge on any atom is 0.253 e. The Balaban J connectivity index is 1.21. The van der Waals surface area contributed by atoms with E-state index < -0.39 is 0 Å². The number of likely N-dealkylation sites (tertiary alicyclic amines) is 1. The molecule has 1 saturated heterocycles. The molecule has 5 nitrogen and oxygen atoms in total. The first-order valence-corrected chi connectivity index (χ1v) is 11.8. The predicted octanol–water partition coefficient (Wildman–Crippen LogP) is 4.46. The molecule has 2 aromatic carbocycles. The van der Waals surface area contributed by atoms with Gasteiger partial charge >= 0.3 is 0 Å². The van der Waals surface area contributed by atoms with Gasteiger partial charge in [-0.2, -0.15) is 0 Å². The number of rotatable bonds is 4. The van der Waals surface area contributed by atoms with Crippen molar-refractivity contribution in [2.75, 3.05) is 13.1 Å². The fourth-order valence-electron chi connectivity index (χ4n) is 5.18. The van der Waals surface area contributed by atoms with E-state index >= 15 is 0 Å². The maximum absolute atomic E-state index is 13.2. The molecule has 2 N–H and O–H groups in total. The monoisotopic (exact) mass is 429 g/mol. The third-order valence-electron chi connectivity index (χ3n) is 7.14. The van der Waals surface area contributed by atoms with Crippen molar-refractivity contribution in [3.05, 3.63) is 70.9 Å². The molecular weight excluding hydrogens is 398 g/mol. The van der Waals surface area contributed by atoms with Crippen LogP contribution in [-0.4, -0.2) is 34.8 Å². The molecule has 1 aliphatic carbocycles. The summed E-state index contributed by atoms with van der Waals surface area (Å²) in [4.78, 5) is 31.2. The average Bonchev–Trinajstić information content (AvgIpc) is 3.20. The molecule has 0 saturated carbocycles. The average molecular weight is 430 g/mol. The van der Waals surface area contributed by atoms with Gasteiger partial charge in [0.2, 0.25) is 5.91 Å². The second-order valence-electron chi connectivity index (χ2n) is 9.46. The number of nitrogens with one attached hydrogen (secondary N) is 2. The third-order valence-corrected chi connectivity index (χ3v) is 7.14. The van der Waals surface area contributed by atoms with E-state index in [9.17, 15) is 9.59 Å². The zero-order chi connectivity index (χ0) is 22.1. The summed E-state index contributed by atoms with van der Waals surface area (Å²) in [7, 11) is 0. The minimum atomic E-state index is -0.0246. The first kappa shape index (κ1) is 20.8. The zero-order valence-electron chi connectivity index (χ0n) is 18.7. The molecule has 1 atom stereocenters. The van der Waals surface area contributed by atoms with Gasteiger partial charge in [-0.1, -0.05) is 37.3 Å². The first-order valence-electron chi connectivity index (χ1n) is 11.8. The van der Waals surface area contributed by atoms with Crippen molar-refractivity contribution in [1.82, 2.24) is 15.2 Å². The molecule has 0 radical (unpaired) electrons. The second kappa shape index (κ2) is 8.81. The van der Waals surface area contributed by atoms with Gasteiger partial charge in [-0.25, -0.2) is 0 Å². The zero-order valence-corrected chi connectivity index (χ0v) is 18.7. The fraction of sp³-hybridized carbons (Fsp3) is 0.407. The van der Waals surface area contributed by atoms with Gasteiger partial charge in [0.25, 0.3) is 5.91 Å². The number of fused-ring (bicyclic) bond motifs is 3. The molecule has 3 aromatic rings. The number of benzene rings is 2. The molecular formula is C27H31N3O2. The lowest BCUT2D eigenvalue weighted by Crippen LogP contribution is -2.42. The van der Waals surface area contributed by atoms with E-state index in [1.807, 2.05) is 41.3 Å². The van der Waals surface area contributed by atoms with E-state index in [0.29, 0.717) is 38.4 Å². The van der Waals surface area contributed by atoms with Gasteiger partial charge < -0.3 is 15.2 Å². The Morgan fingerprint density at radius 3 is 2.62 bits per heavy atom. The Labute approximate surface area is 189 Å². The van der Waals surface area contributed by atoms with E-state index in [0.717, 1.165) is 29.5 Å². The molecule has 2 heterocycles. The Morgan fingerprint density at radius 2 is 1.84 bits per heavy atom. The number of aryl methyl sites for hydroxylation is 1. The first-order chi connectivity index (χ1) is 15.6. The van der Waals surface area contributed by atoms with Crippen LogP contribution < -0.4 is 5.32 Å². The number of carbonyl (C=O) groups is 2. The second-order valence-corrected chi connectivity index (χ2v) is 9.46. The highest BCUT2D eigenvalue weighted by Gasteiger charge is 2.28. The summed E-state index contributed by atoms with van der Waals surface area (Å²) in [6.45, 7) is 4.11.